The molecule has 3 rings (SSSR count). The van der Waals surface area contributed by atoms with E-state index in [2.05, 4.69) is 27.9 Å². The molecule has 6 nitrogen and oxygen atoms in total. The Hall–Kier alpha value is -2.71. The second-order valence-corrected chi connectivity index (χ2v) is 7.41. The zero-order valence-corrected chi connectivity index (χ0v) is 16.7. The van der Waals surface area contributed by atoms with Crippen LogP contribution in [-0.4, -0.2) is 28.0 Å². The SMILES string of the molecule is COC(=O)c1cc(Cc2ccccc2)sc1NC(=S)NCc1ccnn1C. The summed E-state index contributed by atoms with van der Waals surface area (Å²) < 4.78 is 6.69. The Balaban J connectivity index is 1.71. The summed E-state index contributed by atoms with van der Waals surface area (Å²) in [5, 5.41) is 11.5. The molecule has 2 heterocycles. The summed E-state index contributed by atoms with van der Waals surface area (Å²) in [5.74, 6) is -0.387. The first kappa shape index (κ1) is 19.1. The first-order chi connectivity index (χ1) is 13.1. The fraction of sp³-hybridized carbons (Fsp3) is 0.211. The number of nitrogens with zero attached hydrogens (tertiary/aromatic N) is 2. The van der Waals surface area contributed by atoms with E-state index in [1.54, 1.807) is 10.9 Å². The van der Waals surface area contributed by atoms with Gasteiger partial charge in [-0.25, -0.2) is 4.79 Å². The number of ether oxygens (including phenoxy) is 1. The number of hydrogen-bond donors (Lipinski definition) is 2. The van der Waals surface area contributed by atoms with Gasteiger partial charge in [0, 0.05) is 24.5 Å². The predicted octanol–water partition coefficient (Wildman–Crippen LogP) is 3.35. The molecule has 0 aliphatic carbocycles. The van der Waals surface area contributed by atoms with Crippen molar-refractivity contribution in [3.05, 3.63) is 70.4 Å². The van der Waals surface area contributed by atoms with Crippen LogP contribution in [0.15, 0.2) is 48.7 Å². The van der Waals surface area contributed by atoms with Gasteiger partial charge in [-0.05, 0) is 29.9 Å². The summed E-state index contributed by atoms with van der Waals surface area (Å²) >= 11 is 6.87. The lowest BCUT2D eigenvalue weighted by Gasteiger charge is -2.10. The van der Waals surface area contributed by atoms with Crippen LogP contribution in [0.4, 0.5) is 5.00 Å². The van der Waals surface area contributed by atoms with Crippen molar-refractivity contribution in [2.75, 3.05) is 12.4 Å². The highest BCUT2D eigenvalue weighted by molar-refractivity contribution is 7.80. The van der Waals surface area contributed by atoms with Gasteiger partial charge < -0.3 is 15.4 Å². The van der Waals surface area contributed by atoms with Crippen LogP contribution in [0.1, 0.15) is 26.5 Å². The maximum atomic E-state index is 12.1. The maximum Gasteiger partial charge on any atom is 0.340 e. The van der Waals surface area contributed by atoms with Gasteiger partial charge in [-0.2, -0.15) is 5.10 Å². The number of nitrogens with one attached hydrogen (secondary N) is 2. The highest BCUT2D eigenvalue weighted by Gasteiger charge is 2.18. The second-order valence-electron chi connectivity index (χ2n) is 5.86. The van der Waals surface area contributed by atoms with Gasteiger partial charge in [0.1, 0.15) is 5.00 Å². The summed E-state index contributed by atoms with van der Waals surface area (Å²) in [5.41, 5.74) is 2.67. The maximum absolute atomic E-state index is 12.1. The molecule has 140 valence electrons. The van der Waals surface area contributed by atoms with Crippen molar-refractivity contribution in [2.45, 2.75) is 13.0 Å². The number of anilines is 1. The Morgan fingerprint density at radius 1 is 1.30 bits per heavy atom. The van der Waals surface area contributed by atoms with Gasteiger partial charge in [0.25, 0.3) is 0 Å². The lowest BCUT2D eigenvalue weighted by atomic mass is 10.1. The van der Waals surface area contributed by atoms with Gasteiger partial charge in [-0.3, -0.25) is 4.68 Å². The van der Waals surface area contributed by atoms with Crippen LogP contribution < -0.4 is 10.6 Å². The Labute approximate surface area is 167 Å². The Morgan fingerprint density at radius 2 is 2.07 bits per heavy atom. The zero-order chi connectivity index (χ0) is 19.2. The van der Waals surface area contributed by atoms with E-state index >= 15 is 0 Å². The average Bonchev–Trinajstić information content (AvgIpc) is 3.26. The molecule has 0 aliphatic heterocycles. The molecule has 0 saturated heterocycles. The van der Waals surface area contributed by atoms with Gasteiger partial charge >= 0.3 is 5.97 Å². The van der Waals surface area contributed by atoms with E-state index in [4.69, 9.17) is 17.0 Å². The van der Waals surface area contributed by atoms with Crippen molar-refractivity contribution >= 4 is 39.6 Å². The number of benzene rings is 1. The minimum absolute atomic E-state index is 0.387. The molecule has 0 unspecified atom stereocenters. The van der Waals surface area contributed by atoms with Crippen molar-refractivity contribution in [2.24, 2.45) is 7.05 Å². The standard InChI is InChI=1S/C19H20N4O2S2/c1-23-14(8-9-21-23)12-20-19(26)22-17-16(18(24)25-2)11-15(27-17)10-13-6-4-3-5-7-13/h3-9,11H,10,12H2,1-2H3,(H2,20,22,26). The van der Waals surface area contributed by atoms with Crippen molar-refractivity contribution in [3.8, 4) is 0 Å². The fourth-order valence-corrected chi connectivity index (χ4v) is 3.90. The van der Waals surface area contributed by atoms with E-state index < -0.39 is 0 Å². The number of aromatic nitrogens is 2. The second kappa shape index (κ2) is 8.79. The molecule has 0 atom stereocenters. The molecule has 0 bridgehead atoms. The van der Waals surface area contributed by atoms with Gasteiger partial charge in [0.05, 0.1) is 24.9 Å². The lowest BCUT2D eigenvalue weighted by Crippen LogP contribution is -2.29. The third-order valence-corrected chi connectivity index (χ3v) is 5.29. The molecule has 27 heavy (non-hydrogen) atoms. The average molecular weight is 401 g/mol. The summed E-state index contributed by atoms with van der Waals surface area (Å²) in [6.07, 6.45) is 2.48. The zero-order valence-electron chi connectivity index (χ0n) is 15.1. The third-order valence-electron chi connectivity index (χ3n) is 3.99. The van der Waals surface area contributed by atoms with Crippen LogP contribution in [0.2, 0.25) is 0 Å². The van der Waals surface area contributed by atoms with Crippen LogP contribution in [0.3, 0.4) is 0 Å². The quantitative estimate of drug-likeness (QED) is 0.489. The third kappa shape index (κ3) is 4.93. The Bertz CT molecular complexity index is 934. The number of methoxy groups -OCH3 is 1. The van der Waals surface area contributed by atoms with E-state index in [1.165, 1.54) is 24.0 Å². The monoisotopic (exact) mass is 400 g/mol. The first-order valence-electron chi connectivity index (χ1n) is 8.33. The van der Waals surface area contributed by atoms with Gasteiger partial charge in [0.15, 0.2) is 5.11 Å². The molecule has 3 aromatic rings. The number of hydrogen-bond acceptors (Lipinski definition) is 5. The number of carbonyl (C=O) groups excluding carboxylic acids is 1. The fourth-order valence-electron chi connectivity index (χ4n) is 2.57. The number of rotatable bonds is 6. The molecule has 1 aromatic carbocycles. The molecule has 2 N–H and O–H groups in total. The first-order valence-corrected chi connectivity index (χ1v) is 9.56. The largest absolute Gasteiger partial charge is 0.465 e. The molecule has 0 spiro atoms. The van der Waals surface area contributed by atoms with Crippen LogP contribution in [0.25, 0.3) is 0 Å². The summed E-state index contributed by atoms with van der Waals surface area (Å²) in [6, 6.07) is 13.9. The molecule has 0 saturated carbocycles. The summed E-state index contributed by atoms with van der Waals surface area (Å²) in [4.78, 5) is 13.2. The minimum atomic E-state index is -0.387. The van der Waals surface area contributed by atoms with Crippen molar-refractivity contribution in [1.29, 1.82) is 0 Å². The van der Waals surface area contributed by atoms with Crippen molar-refractivity contribution < 1.29 is 9.53 Å². The Morgan fingerprint density at radius 3 is 2.74 bits per heavy atom. The molecule has 8 heteroatoms. The van der Waals surface area contributed by atoms with Gasteiger partial charge in [0.2, 0.25) is 0 Å². The molecule has 0 radical (unpaired) electrons. The van der Waals surface area contributed by atoms with Crippen molar-refractivity contribution in [3.63, 3.8) is 0 Å². The van der Waals surface area contributed by atoms with Crippen molar-refractivity contribution in [1.82, 2.24) is 15.1 Å². The van der Waals surface area contributed by atoms with E-state index in [9.17, 15) is 4.79 Å². The molecular formula is C19H20N4O2S2. The molecular weight excluding hydrogens is 380 g/mol. The molecule has 2 aromatic heterocycles. The van der Waals surface area contributed by atoms with Crippen LogP contribution >= 0.6 is 23.6 Å². The number of thiocarbonyl (C=S) groups is 1. The van der Waals surface area contributed by atoms with Crippen LogP contribution in [0, 0.1) is 0 Å². The van der Waals surface area contributed by atoms with E-state index in [-0.39, 0.29) is 5.97 Å². The normalized spacial score (nSPS) is 10.4. The Kier molecular flexibility index (Phi) is 6.20. The van der Waals surface area contributed by atoms with E-state index in [0.717, 1.165) is 17.0 Å². The molecule has 0 amide bonds. The van der Waals surface area contributed by atoms with Gasteiger partial charge in [-0.1, -0.05) is 30.3 Å². The van der Waals surface area contributed by atoms with Crippen LogP contribution in [0.5, 0.6) is 0 Å². The summed E-state index contributed by atoms with van der Waals surface area (Å²) in [7, 11) is 3.25. The predicted molar refractivity (Wildman–Crippen MR) is 111 cm³/mol. The highest BCUT2D eigenvalue weighted by Crippen LogP contribution is 2.30. The minimum Gasteiger partial charge on any atom is -0.465 e. The number of aryl methyl sites for hydroxylation is 1. The topological polar surface area (TPSA) is 68.2 Å². The van der Waals surface area contributed by atoms with E-state index in [1.807, 2.05) is 37.4 Å². The number of thiophene rings is 1. The van der Waals surface area contributed by atoms with Gasteiger partial charge in [-0.15, -0.1) is 11.3 Å². The molecule has 0 aliphatic rings. The number of carbonyl (C=O) groups is 1. The summed E-state index contributed by atoms with van der Waals surface area (Å²) in [6.45, 7) is 0.540. The smallest absolute Gasteiger partial charge is 0.340 e. The van der Waals surface area contributed by atoms with E-state index in [0.29, 0.717) is 22.2 Å². The highest BCUT2D eigenvalue weighted by atomic mass is 32.1. The van der Waals surface area contributed by atoms with Crippen LogP contribution in [-0.2, 0) is 24.8 Å². The number of esters is 1. The molecule has 0 fully saturated rings. The lowest BCUT2D eigenvalue weighted by molar-refractivity contribution is 0.0602.